The standard InChI is InChI=1S/C15H11F3N6/c1-8-5-10-11(6-9(8)2)23(7-19-10)13-4-3-12-20-21-14(15(16,17)18)24(12)22-13/h3-7H,1-2H3. The van der Waals surface area contributed by atoms with Crippen LogP contribution in [0.2, 0.25) is 0 Å². The molecule has 0 saturated heterocycles. The van der Waals surface area contributed by atoms with Crippen LogP contribution < -0.4 is 0 Å². The maximum absolute atomic E-state index is 13.0. The van der Waals surface area contributed by atoms with Gasteiger partial charge in [0.15, 0.2) is 11.5 Å². The molecule has 4 rings (SSSR count). The van der Waals surface area contributed by atoms with Gasteiger partial charge in [0.25, 0.3) is 5.82 Å². The van der Waals surface area contributed by atoms with Crippen molar-refractivity contribution in [1.82, 2.24) is 29.4 Å². The van der Waals surface area contributed by atoms with E-state index >= 15 is 0 Å². The van der Waals surface area contributed by atoms with Crippen molar-refractivity contribution in [3.8, 4) is 5.82 Å². The number of halogens is 3. The van der Waals surface area contributed by atoms with E-state index in [1.165, 1.54) is 12.4 Å². The molecule has 0 aliphatic heterocycles. The molecule has 0 aliphatic rings. The van der Waals surface area contributed by atoms with Gasteiger partial charge in [-0.25, -0.2) is 4.98 Å². The Hall–Kier alpha value is -2.97. The van der Waals surface area contributed by atoms with E-state index in [1.807, 2.05) is 26.0 Å². The number of aromatic nitrogens is 6. The van der Waals surface area contributed by atoms with E-state index in [9.17, 15) is 13.2 Å². The normalized spacial score (nSPS) is 12.4. The van der Waals surface area contributed by atoms with Crippen molar-refractivity contribution in [2.24, 2.45) is 0 Å². The molecule has 122 valence electrons. The molecule has 0 bridgehead atoms. The fourth-order valence-corrected chi connectivity index (χ4v) is 2.53. The van der Waals surface area contributed by atoms with E-state index < -0.39 is 12.0 Å². The average Bonchev–Trinajstić information content (AvgIpc) is 3.10. The highest BCUT2D eigenvalue weighted by Gasteiger charge is 2.37. The van der Waals surface area contributed by atoms with E-state index in [4.69, 9.17) is 0 Å². The van der Waals surface area contributed by atoms with Gasteiger partial charge in [-0.2, -0.15) is 17.7 Å². The zero-order valence-corrected chi connectivity index (χ0v) is 12.7. The first-order chi connectivity index (χ1) is 11.3. The van der Waals surface area contributed by atoms with Crippen LogP contribution in [0.25, 0.3) is 22.5 Å². The summed E-state index contributed by atoms with van der Waals surface area (Å²) in [4.78, 5) is 4.30. The molecule has 3 heterocycles. The first kappa shape index (κ1) is 14.6. The molecule has 0 aliphatic carbocycles. The van der Waals surface area contributed by atoms with Crippen molar-refractivity contribution in [2.75, 3.05) is 0 Å². The molecule has 0 atom stereocenters. The summed E-state index contributed by atoms with van der Waals surface area (Å²) in [6.07, 6.45) is -3.09. The molecule has 6 nitrogen and oxygen atoms in total. The second-order valence-corrected chi connectivity index (χ2v) is 5.52. The molecule has 3 aromatic heterocycles. The quantitative estimate of drug-likeness (QED) is 0.537. The van der Waals surface area contributed by atoms with Crippen molar-refractivity contribution >= 4 is 16.7 Å². The highest BCUT2D eigenvalue weighted by Crippen LogP contribution is 2.28. The Kier molecular flexibility index (Phi) is 2.90. The summed E-state index contributed by atoms with van der Waals surface area (Å²) in [7, 11) is 0. The third-order valence-electron chi connectivity index (χ3n) is 3.91. The van der Waals surface area contributed by atoms with Crippen LogP contribution in [0.15, 0.2) is 30.6 Å². The molecular weight excluding hydrogens is 321 g/mol. The largest absolute Gasteiger partial charge is 0.453 e. The number of benzene rings is 1. The summed E-state index contributed by atoms with van der Waals surface area (Å²) in [5, 5.41) is 10.7. The molecule has 0 fully saturated rings. The summed E-state index contributed by atoms with van der Waals surface area (Å²) in [5.41, 5.74) is 3.70. The highest BCUT2D eigenvalue weighted by atomic mass is 19.4. The lowest BCUT2D eigenvalue weighted by molar-refractivity contribution is -0.146. The van der Waals surface area contributed by atoms with E-state index in [-0.39, 0.29) is 5.65 Å². The van der Waals surface area contributed by atoms with Crippen LogP contribution in [-0.2, 0) is 6.18 Å². The molecule has 9 heteroatoms. The minimum atomic E-state index is -4.63. The van der Waals surface area contributed by atoms with Crippen LogP contribution in [0, 0.1) is 13.8 Å². The van der Waals surface area contributed by atoms with Gasteiger partial charge in [-0.3, -0.25) is 4.57 Å². The Bertz CT molecular complexity index is 1080. The Labute approximate surface area is 133 Å². The average molecular weight is 332 g/mol. The summed E-state index contributed by atoms with van der Waals surface area (Å²) in [5.74, 6) is -0.852. The zero-order valence-electron chi connectivity index (χ0n) is 12.7. The fourth-order valence-electron chi connectivity index (χ4n) is 2.53. The van der Waals surface area contributed by atoms with Gasteiger partial charge >= 0.3 is 6.18 Å². The van der Waals surface area contributed by atoms with Gasteiger partial charge in [-0.05, 0) is 49.2 Å². The molecule has 0 N–H and O–H groups in total. The molecule has 0 radical (unpaired) electrons. The number of imidazole rings is 1. The van der Waals surface area contributed by atoms with Crippen molar-refractivity contribution in [3.05, 3.63) is 47.5 Å². The number of fused-ring (bicyclic) bond motifs is 2. The first-order valence-corrected chi connectivity index (χ1v) is 7.09. The molecule has 4 aromatic rings. The summed E-state index contributed by atoms with van der Waals surface area (Å²) >= 11 is 0. The maximum Gasteiger partial charge on any atom is 0.453 e. The Balaban J connectivity index is 1.95. The number of hydrogen-bond acceptors (Lipinski definition) is 4. The van der Waals surface area contributed by atoms with E-state index in [1.54, 1.807) is 10.6 Å². The predicted molar refractivity (Wildman–Crippen MR) is 79.9 cm³/mol. The number of nitrogens with zero attached hydrogens (tertiary/aromatic N) is 6. The van der Waals surface area contributed by atoms with Gasteiger partial charge in [-0.15, -0.1) is 15.3 Å². The second kappa shape index (κ2) is 4.76. The third-order valence-corrected chi connectivity index (χ3v) is 3.91. The minimum absolute atomic E-state index is 0.0301. The van der Waals surface area contributed by atoms with Crippen molar-refractivity contribution in [1.29, 1.82) is 0 Å². The van der Waals surface area contributed by atoms with Crippen molar-refractivity contribution < 1.29 is 13.2 Å². The van der Waals surface area contributed by atoms with Crippen molar-refractivity contribution in [2.45, 2.75) is 20.0 Å². The number of aryl methyl sites for hydroxylation is 2. The highest BCUT2D eigenvalue weighted by molar-refractivity contribution is 5.79. The first-order valence-electron chi connectivity index (χ1n) is 7.09. The lowest BCUT2D eigenvalue weighted by atomic mass is 10.1. The van der Waals surface area contributed by atoms with Crippen LogP contribution in [0.3, 0.4) is 0 Å². The van der Waals surface area contributed by atoms with Gasteiger partial charge in [0.1, 0.15) is 6.33 Å². The van der Waals surface area contributed by atoms with Crippen LogP contribution >= 0.6 is 0 Å². The number of hydrogen-bond donors (Lipinski definition) is 0. The molecule has 0 amide bonds. The van der Waals surface area contributed by atoms with E-state index in [0.717, 1.165) is 22.2 Å². The van der Waals surface area contributed by atoms with Crippen molar-refractivity contribution in [3.63, 3.8) is 0 Å². The zero-order chi connectivity index (χ0) is 17.1. The monoisotopic (exact) mass is 332 g/mol. The van der Waals surface area contributed by atoms with E-state index in [2.05, 4.69) is 20.3 Å². The maximum atomic E-state index is 13.0. The molecule has 24 heavy (non-hydrogen) atoms. The fraction of sp³-hybridized carbons (Fsp3) is 0.200. The van der Waals surface area contributed by atoms with Gasteiger partial charge < -0.3 is 0 Å². The molecule has 0 spiro atoms. The molecule has 0 unspecified atom stereocenters. The van der Waals surface area contributed by atoms with Crippen LogP contribution in [0.1, 0.15) is 17.0 Å². The molecule has 0 saturated carbocycles. The number of alkyl halides is 3. The van der Waals surface area contributed by atoms with Gasteiger partial charge in [0, 0.05) is 0 Å². The van der Waals surface area contributed by atoms with Gasteiger partial charge in [-0.1, -0.05) is 0 Å². The van der Waals surface area contributed by atoms with Gasteiger partial charge in [0.2, 0.25) is 0 Å². The van der Waals surface area contributed by atoms with Crippen LogP contribution in [0.5, 0.6) is 0 Å². The van der Waals surface area contributed by atoms with Crippen LogP contribution in [0.4, 0.5) is 13.2 Å². The summed E-state index contributed by atoms with van der Waals surface area (Å²) in [6.45, 7) is 3.94. The smallest absolute Gasteiger partial charge is 0.281 e. The summed E-state index contributed by atoms with van der Waals surface area (Å²) < 4.78 is 41.3. The number of rotatable bonds is 1. The molecular formula is C15H11F3N6. The lowest BCUT2D eigenvalue weighted by Crippen LogP contribution is -2.13. The van der Waals surface area contributed by atoms with Crippen LogP contribution in [-0.4, -0.2) is 29.4 Å². The molecule has 1 aromatic carbocycles. The van der Waals surface area contributed by atoms with Gasteiger partial charge in [0.05, 0.1) is 11.0 Å². The Morgan fingerprint density at radius 3 is 2.50 bits per heavy atom. The Morgan fingerprint density at radius 1 is 1.00 bits per heavy atom. The minimum Gasteiger partial charge on any atom is -0.281 e. The topological polar surface area (TPSA) is 60.9 Å². The lowest BCUT2D eigenvalue weighted by Gasteiger charge is -2.07. The predicted octanol–water partition coefficient (Wildman–Crippen LogP) is 3.10. The summed E-state index contributed by atoms with van der Waals surface area (Å²) in [6, 6.07) is 6.89. The second-order valence-electron chi connectivity index (χ2n) is 5.52. The SMILES string of the molecule is Cc1cc2ncn(-c3ccc4nnc(C(F)(F)F)n4n3)c2cc1C. The third kappa shape index (κ3) is 2.12. The van der Waals surface area contributed by atoms with E-state index in [0.29, 0.717) is 10.3 Å². The Morgan fingerprint density at radius 2 is 1.75 bits per heavy atom.